The summed E-state index contributed by atoms with van der Waals surface area (Å²) >= 11 is 0. The van der Waals surface area contributed by atoms with Gasteiger partial charge in [-0.05, 0) is 36.5 Å². The Bertz CT molecular complexity index is 457. The largest absolute Gasteiger partial charge is 0.508 e. The van der Waals surface area contributed by atoms with E-state index in [4.69, 9.17) is 4.74 Å². The molecule has 1 aliphatic heterocycles. The van der Waals surface area contributed by atoms with E-state index in [9.17, 15) is 15.0 Å². The Morgan fingerprint density at radius 2 is 1.95 bits per heavy atom. The summed E-state index contributed by atoms with van der Waals surface area (Å²) in [4.78, 5) is 11.9. The molecule has 3 atom stereocenters. The van der Waals surface area contributed by atoms with Gasteiger partial charge in [0.25, 0.3) is 0 Å². The first-order valence-electron chi connectivity index (χ1n) is 6.87. The molecule has 0 spiro atoms. The van der Waals surface area contributed by atoms with Gasteiger partial charge < -0.3 is 20.3 Å². The van der Waals surface area contributed by atoms with Crippen LogP contribution in [0.2, 0.25) is 0 Å². The fraction of sp³-hybridized carbons (Fsp3) is 0.533. The van der Waals surface area contributed by atoms with Crippen LogP contribution in [0.3, 0.4) is 0 Å². The fourth-order valence-corrected chi connectivity index (χ4v) is 2.30. The first-order valence-corrected chi connectivity index (χ1v) is 6.87. The molecule has 1 unspecified atom stereocenters. The number of hydrogen-bond donors (Lipinski definition) is 3. The topological polar surface area (TPSA) is 78.8 Å². The van der Waals surface area contributed by atoms with Crippen LogP contribution in [0.4, 0.5) is 0 Å². The molecule has 5 nitrogen and oxygen atoms in total. The standard InChI is InChI=1S/C15H21NO4/c1-9(2)7-13-14(18)16-12(15(19)20-13)8-10-3-5-11(17)6-4-10/h3-6,9,12-13,15,17,19H,7-8H2,1-2H3,(H,16,18)/t12-,13-,15?/m0/s1. The number of carbonyl (C=O) groups is 1. The van der Waals surface area contributed by atoms with Gasteiger partial charge in [-0.1, -0.05) is 26.0 Å². The van der Waals surface area contributed by atoms with Gasteiger partial charge in [-0.3, -0.25) is 4.79 Å². The van der Waals surface area contributed by atoms with E-state index >= 15 is 0 Å². The maximum absolute atomic E-state index is 11.9. The number of ether oxygens (including phenoxy) is 1. The number of rotatable bonds is 4. The van der Waals surface area contributed by atoms with E-state index in [1.165, 1.54) is 0 Å². The van der Waals surface area contributed by atoms with E-state index < -0.39 is 18.4 Å². The maximum Gasteiger partial charge on any atom is 0.249 e. The molecule has 3 N–H and O–H groups in total. The van der Waals surface area contributed by atoms with Crippen LogP contribution in [-0.4, -0.2) is 34.6 Å². The fourth-order valence-electron chi connectivity index (χ4n) is 2.30. The van der Waals surface area contributed by atoms with Crippen molar-refractivity contribution in [2.75, 3.05) is 0 Å². The Morgan fingerprint density at radius 1 is 1.30 bits per heavy atom. The minimum absolute atomic E-state index is 0.173. The highest BCUT2D eigenvalue weighted by Gasteiger charge is 2.35. The van der Waals surface area contributed by atoms with E-state index in [1.807, 2.05) is 13.8 Å². The van der Waals surface area contributed by atoms with E-state index in [2.05, 4.69) is 5.32 Å². The van der Waals surface area contributed by atoms with Gasteiger partial charge in [0, 0.05) is 0 Å². The summed E-state index contributed by atoms with van der Waals surface area (Å²) in [6.45, 7) is 4.01. The summed E-state index contributed by atoms with van der Waals surface area (Å²) < 4.78 is 5.41. The molecule has 0 bridgehead atoms. The molecule has 1 heterocycles. The number of aromatic hydroxyl groups is 1. The summed E-state index contributed by atoms with van der Waals surface area (Å²) in [7, 11) is 0. The average Bonchev–Trinajstić information content (AvgIpc) is 2.37. The molecule has 0 aromatic heterocycles. The van der Waals surface area contributed by atoms with Crippen molar-refractivity contribution >= 4 is 5.91 Å². The lowest BCUT2D eigenvalue weighted by Crippen LogP contribution is -2.57. The van der Waals surface area contributed by atoms with Crippen molar-refractivity contribution in [3.8, 4) is 5.75 Å². The van der Waals surface area contributed by atoms with Crippen molar-refractivity contribution in [3.05, 3.63) is 29.8 Å². The number of phenols is 1. The molecule has 0 saturated carbocycles. The molecule has 5 heteroatoms. The van der Waals surface area contributed by atoms with Crippen molar-refractivity contribution in [2.45, 2.75) is 45.1 Å². The predicted molar refractivity (Wildman–Crippen MR) is 74.1 cm³/mol. The molecular formula is C15H21NO4. The van der Waals surface area contributed by atoms with Crippen LogP contribution in [0.15, 0.2) is 24.3 Å². The van der Waals surface area contributed by atoms with Crippen LogP contribution in [0.25, 0.3) is 0 Å². The first kappa shape index (κ1) is 14.8. The zero-order valence-corrected chi connectivity index (χ0v) is 11.7. The Labute approximate surface area is 118 Å². The highest BCUT2D eigenvalue weighted by atomic mass is 16.6. The molecule has 0 aliphatic carbocycles. The Balaban J connectivity index is 1.97. The first-order chi connectivity index (χ1) is 9.45. The summed E-state index contributed by atoms with van der Waals surface area (Å²) in [5, 5.41) is 22.0. The Morgan fingerprint density at radius 3 is 2.55 bits per heavy atom. The Kier molecular flexibility index (Phi) is 4.62. The average molecular weight is 279 g/mol. The van der Waals surface area contributed by atoms with Crippen molar-refractivity contribution in [2.24, 2.45) is 5.92 Å². The molecule has 0 radical (unpaired) electrons. The summed E-state index contributed by atoms with van der Waals surface area (Å²) in [5.74, 6) is 0.342. The molecule has 1 aromatic carbocycles. The SMILES string of the molecule is CC(C)C[C@@H]1OC(O)[C@H](Cc2ccc(O)cc2)NC1=O. The van der Waals surface area contributed by atoms with Crippen LogP contribution in [0.5, 0.6) is 5.75 Å². The van der Waals surface area contributed by atoms with E-state index in [-0.39, 0.29) is 11.7 Å². The third-order valence-electron chi connectivity index (χ3n) is 3.35. The molecular weight excluding hydrogens is 258 g/mol. The zero-order valence-electron chi connectivity index (χ0n) is 11.7. The number of hydrogen-bond acceptors (Lipinski definition) is 4. The lowest BCUT2D eigenvalue weighted by atomic mass is 10.0. The molecule has 1 amide bonds. The second-order valence-corrected chi connectivity index (χ2v) is 5.63. The number of carbonyl (C=O) groups excluding carboxylic acids is 1. The summed E-state index contributed by atoms with van der Waals surface area (Å²) in [6, 6.07) is 6.21. The van der Waals surface area contributed by atoms with Crippen molar-refractivity contribution < 1.29 is 19.7 Å². The van der Waals surface area contributed by atoms with E-state index in [0.717, 1.165) is 5.56 Å². The predicted octanol–water partition coefficient (Wildman–Crippen LogP) is 1.18. The smallest absolute Gasteiger partial charge is 0.249 e. The van der Waals surface area contributed by atoms with E-state index in [1.54, 1.807) is 24.3 Å². The van der Waals surface area contributed by atoms with Crippen LogP contribution in [-0.2, 0) is 16.0 Å². The highest BCUT2D eigenvalue weighted by Crippen LogP contribution is 2.19. The monoisotopic (exact) mass is 279 g/mol. The number of nitrogens with one attached hydrogen (secondary N) is 1. The number of phenolic OH excluding ortho intramolecular Hbond substituents is 1. The maximum atomic E-state index is 11.9. The van der Waals surface area contributed by atoms with Gasteiger partial charge in [0.1, 0.15) is 11.9 Å². The van der Waals surface area contributed by atoms with Crippen molar-refractivity contribution in [1.29, 1.82) is 0 Å². The summed E-state index contributed by atoms with van der Waals surface area (Å²) in [5.41, 5.74) is 0.915. The lowest BCUT2D eigenvalue weighted by molar-refractivity contribution is -0.191. The molecule has 1 aliphatic rings. The third-order valence-corrected chi connectivity index (χ3v) is 3.35. The van der Waals surface area contributed by atoms with Gasteiger partial charge in [-0.15, -0.1) is 0 Å². The number of benzene rings is 1. The number of aliphatic hydroxyl groups excluding tert-OH is 1. The second kappa shape index (κ2) is 6.24. The zero-order chi connectivity index (χ0) is 14.7. The van der Waals surface area contributed by atoms with Crippen LogP contribution in [0, 0.1) is 5.92 Å². The van der Waals surface area contributed by atoms with Gasteiger partial charge in [0.2, 0.25) is 5.91 Å². The summed E-state index contributed by atoms with van der Waals surface area (Å²) in [6.07, 6.45) is -0.539. The molecule has 20 heavy (non-hydrogen) atoms. The van der Waals surface area contributed by atoms with Gasteiger partial charge in [0.15, 0.2) is 6.29 Å². The van der Waals surface area contributed by atoms with Gasteiger partial charge in [0.05, 0.1) is 6.04 Å². The molecule has 110 valence electrons. The number of amides is 1. The number of morpholine rings is 1. The van der Waals surface area contributed by atoms with Crippen LogP contribution < -0.4 is 5.32 Å². The second-order valence-electron chi connectivity index (χ2n) is 5.63. The van der Waals surface area contributed by atoms with Crippen LogP contribution >= 0.6 is 0 Å². The molecule has 2 rings (SSSR count). The molecule has 1 saturated heterocycles. The van der Waals surface area contributed by atoms with Crippen LogP contribution in [0.1, 0.15) is 25.8 Å². The Hall–Kier alpha value is -1.59. The van der Waals surface area contributed by atoms with Crippen molar-refractivity contribution in [1.82, 2.24) is 5.32 Å². The van der Waals surface area contributed by atoms with Gasteiger partial charge in [-0.25, -0.2) is 0 Å². The third kappa shape index (κ3) is 3.71. The normalized spacial score (nSPS) is 26.6. The van der Waals surface area contributed by atoms with Gasteiger partial charge in [-0.2, -0.15) is 0 Å². The minimum Gasteiger partial charge on any atom is -0.508 e. The highest BCUT2D eigenvalue weighted by molar-refractivity contribution is 5.81. The molecule has 1 aromatic rings. The van der Waals surface area contributed by atoms with Crippen molar-refractivity contribution in [3.63, 3.8) is 0 Å². The number of aliphatic hydroxyl groups is 1. The van der Waals surface area contributed by atoms with Gasteiger partial charge >= 0.3 is 0 Å². The quantitative estimate of drug-likeness (QED) is 0.773. The lowest BCUT2D eigenvalue weighted by Gasteiger charge is -2.34. The van der Waals surface area contributed by atoms with E-state index in [0.29, 0.717) is 18.8 Å². The minimum atomic E-state index is -1.01. The molecule has 1 fully saturated rings.